The molecule has 1 N–H and O–H groups in total. The number of anilines is 1. The van der Waals surface area contributed by atoms with Crippen molar-refractivity contribution in [1.82, 2.24) is 0 Å². The molecule has 0 fully saturated rings. The van der Waals surface area contributed by atoms with E-state index in [9.17, 15) is 9.59 Å². The van der Waals surface area contributed by atoms with Crippen LogP contribution in [-0.4, -0.2) is 18.3 Å². The highest BCUT2D eigenvalue weighted by molar-refractivity contribution is 7.10. The molecule has 0 unspecified atom stereocenters. The Morgan fingerprint density at radius 2 is 1.78 bits per heavy atom. The largest absolute Gasteiger partial charge is 0.484 e. The summed E-state index contributed by atoms with van der Waals surface area (Å²) in [5, 5.41) is 4.74. The molecule has 0 aliphatic heterocycles. The number of benzene rings is 2. The van der Waals surface area contributed by atoms with Gasteiger partial charge < -0.3 is 10.1 Å². The first kappa shape index (κ1) is 18.6. The number of rotatable bonds is 7. The predicted molar refractivity (Wildman–Crippen MR) is 109 cm³/mol. The molecule has 0 radical (unpaired) electrons. The van der Waals surface area contributed by atoms with Gasteiger partial charge in [-0.25, -0.2) is 0 Å². The SMILES string of the molecule is Cc1ccc(NC(=O)COc2ccc(C(=O)C=Cc3cccs3)cc2)cc1. The molecule has 1 heterocycles. The van der Waals surface area contributed by atoms with E-state index in [0.717, 1.165) is 16.1 Å². The van der Waals surface area contributed by atoms with Crippen molar-refractivity contribution >= 4 is 34.8 Å². The number of allylic oxidation sites excluding steroid dienone is 1. The molecule has 2 aromatic carbocycles. The van der Waals surface area contributed by atoms with Gasteiger partial charge in [-0.2, -0.15) is 0 Å². The highest BCUT2D eigenvalue weighted by Crippen LogP contribution is 2.15. The van der Waals surface area contributed by atoms with Crippen LogP contribution in [0.5, 0.6) is 5.75 Å². The van der Waals surface area contributed by atoms with Crippen molar-refractivity contribution in [2.45, 2.75) is 6.92 Å². The van der Waals surface area contributed by atoms with Crippen LogP contribution in [-0.2, 0) is 4.79 Å². The molecule has 0 aliphatic rings. The average Bonchev–Trinajstić information content (AvgIpc) is 3.20. The molecule has 0 atom stereocenters. The number of carbonyl (C=O) groups excluding carboxylic acids is 2. The smallest absolute Gasteiger partial charge is 0.262 e. The maximum atomic E-state index is 12.2. The molecule has 136 valence electrons. The van der Waals surface area contributed by atoms with Crippen LogP contribution in [0, 0.1) is 6.92 Å². The normalized spacial score (nSPS) is 10.7. The number of aryl methyl sites for hydroxylation is 1. The maximum Gasteiger partial charge on any atom is 0.262 e. The highest BCUT2D eigenvalue weighted by atomic mass is 32.1. The van der Waals surface area contributed by atoms with E-state index in [1.807, 2.05) is 48.7 Å². The molecule has 1 aromatic heterocycles. The van der Waals surface area contributed by atoms with Crippen LogP contribution in [0.15, 0.2) is 72.1 Å². The molecule has 3 rings (SSSR count). The van der Waals surface area contributed by atoms with Gasteiger partial charge in [-0.3, -0.25) is 9.59 Å². The van der Waals surface area contributed by atoms with Gasteiger partial charge in [0.1, 0.15) is 5.75 Å². The summed E-state index contributed by atoms with van der Waals surface area (Å²) >= 11 is 1.58. The summed E-state index contributed by atoms with van der Waals surface area (Å²) in [6, 6.07) is 18.2. The number of carbonyl (C=O) groups is 2. The number of ketones is 1. The molecule has 0 spiro atoms. The van der Waals surface area contributed by atoms with Crippen molar-refractivity contribution in [3.8, 4) is 5.75 Å². The molecular weight excluding hydrogens is 358 g/mol. The number of ether oxygens (including phenoxy) is 1. The lowest BCUT2D eigenvalue weighted by Gasteiger charge is -2.08. The summed E-state index contributed by atoms with van der Waals surface area (Å²) in [5.41, 5.74) is 2.43. The van der Waals surface area contributed by atoms with Gasteiger partial charge in [-0.05, 0) is 66.9 Å². The third kappa shape index (κ3) is 5.66. The Labute approximate surface area is 162 Å². The van der Waals surface area contributed by atoms with Gasteiger partial charge in [-0.1, -0.05) is 23.8 Å². The van der Waals surface area contributed by atoms with Crippen LogP contribution >= 0.6 is 11.3 Å². The van der Waals surface area contributed by atoms with E-state index >= 15 is 0 Å². The van der Waals surface area contributed by atoms with E-state index in [1.165, 1.54) is 0 Å². The fourth-order valence-corrected chi connectivity index (χ4v) is 2.96. The summed E-state index contributed by atoms with van der Waals surface area (Å²) < 4.78 is 5.48. The third-order valence-corrected chi connectivity index (χ3v) is 4.62. The fraction of sp³-hybridized carbons (Fsp3) is 0.0909. The van der Waals surface area contributed by atoms with Crippen LogP contribution in [0.3, 0.4) is 0 Å². The number of amides is 1. The quantitative estimate of drug-likeness (QED) is 0.467. The summed E-state index contributed by atoms with van der Waals surface area (Å²) in [6.45, 7) is 1.89. The monoisotopic (exact) mass is 377 g/mol. The van der Waals surface area contributed by atoms with Crippen molar-refractivity contribution in [2.24, 2.45) is 0 Å². The Morgan fingerprint density at radius 3 is 2.44 bits per heavy atom. The van der Waals surface area contributed by atoms with Gasteiger partial charge in [0.05, 0.1) is 0 Å². The molecule has 0 saturated heterocycles. The molecule has 5 heteroatoms. The highest BCUT2D eigenvalue weighted by Gasteiger charge is 2.06. The zero-order valence-electron chi connectivity index (χ0n) is 14.8. The van der Waals surface area contributed by atoms with Gasteiger partial charge in [0.15, 0.2) is 12.4 Å². The second kappa shape index (κ2) is 8.96. The first-order chi connectivity index (χ1) is 13.1. The number of hydrogen-bond donors (Lipinski definition) is 1. The number of thiophene rings is 1. The Balaban J connectivity index is 1.50. The fourth-order valence-electron chi connectivity index (χ4n) is 2.34. The zero-order valence-corrected chi connectivity index (χ0v) is 15.7. The molecular formula is C22H19NO3S. The Hall–Kier alpha value is -3.18. The molecule has 1 amide bonds. The van der Waals surface area contributed by atoms with Crippen molar-refractivity contribution in [3.05, 3.63) is 88.1 Å². The first-order valence-electron chi connectivity index (χ1n) is 8.45. The van der Waals surface area contributed by atoms with E-state index in [2.05, 4.69) is 5.32 Å². The number of hydrogen-bond acceptors (Lipinski definition) is 4. The standard InChI is InChI=1S/C22H19NO3S/c1-16-4-8-18(9-5-16)23-22(25)15-26-19-10-6-17(7-11-19)21(24)13-12-20-3-2-14-27-20/h2-14H,15H2,1H3,(H,23,25). The average molecular weight is 377 g/mol. The lowest BCUT2D eigenvalue weighted by atomic mass is 10.1. The molecule has 4 nitrogen and oxygen atoms in total. The van der Waals surface area contributed by atoms with E-state index in [-0.39, 0.29) is 18.3 Å². The summed E-state index contributed by atoms with van der Waals surface area (Å²) in [4.78, 5) is 25.1. The summed E-state index contributed by atoms with van der Waals surface area (Å²) in [7, 11) is 0. The second-order valence-corrected chi connectivity index (χ2v) is 6.92. The van der Waals surface area contributed by atoms with E-state index in [4.69, 9.17) is 4.74 Å². The topological polar surface area (TPSA) is 55.4 Å². The van der Waals surface area contributed by atoms with E-state index in [0.29, 0.717) is 11.3 Å². The van der Waals surface area contributed by atoms with Gasteiger partial charge in [-0.15, -0.1) is 11.3 Å². The zero-order chi connectivity index (χ0) is 19.1. The minimum absolute atomic E-state index is 0.0768. The third-order valence-electron chi connectivity index (χ3n) is 3.79. The Kier molecular flexibility index (Phi) is 6.18. The number of nitrogens with one attached hydrogen (secondary N) is 1. The van der Waals surface area contributed by atoms with Crippen LogP contribution in [0.4, 0.5) is 5.69 Å². The molecule has 0 saturated carbocycles. The Morgan fingerprint density at radius 1 is 1.04 bits per heavy atom. The van der Waals surface area contributed by atoms with Crippen LogP contribution in [0.1, 0.15) is 20.8 Å². The summed E-state index contributed by atoms with van der Waals surface area (Å²) in [5.74, 6) is 0.220. The minimum atomic E-state index is -0.238. The van der Waals surface area contributed by atoms with Crippen LogP contribution < -0.4 is 10.1 Å². The van der Waals surface area contributed by atoms with Crippen molar-refractivity contribution < 1.29 is 14.3 Å². The molecule has 3 aromatic rings. The van der Waals surface area contributed by atoms with E-state index < -0.39 is 0 Å². The molecule has 0 aliphatic carbocycles. The van der Waals surface area contributed by atoms with E-state index in [1.54, 1.807) is 47.8 Å². The van der Waals surface area contributed by atoms with Gasteiger partial charge in [0.2, 0.25) is 0 Å². The Bertz CT molecular complexity index is 927. The van der Waals surface area contributed by atoms with Gasteiger partial charge >= 0.3 is 0 Å². The van der Waals surface area contributed by atoms with Crippen molar-refractivity contribution in [1.29, 1.82) is 0 Å². The summed E-state index contributed by atoms with van der Waals surface area (Å²) in [6.07, 6.45) is 3.35. The van der Waals surface area contributed by atoms with Crippen LogP contribution in [0.25, 0.3) is 6.08 Å². The maximum absolute atomic E-state index is 12.2. The predicted octanol–water partition coefficient (Wildman–Crippen LogP) is 4.97. The second-order valence-electron chi connectivity index (χ2n) is 5.94. The first-order valence-corrected chi connectivity index (χ1v) is 9.33. The molecule has 27 heavy (non-hydrogen) atoms. The lowest BCUT2D eigenvalue weighted by Crippen LogP contribution is -2.20. The van der Waals surface area contributed by atoms with Gasteiger partial charge in [0, 0.05) is 16.1 Å². The van der Waals surface area contributed by atoms with Crippen molar-refractivity contribution in [2.75, 3.05) is 11.9 Å². The molecule has 0 bridgehead atoms. The minimum Gasteiger partial charge on any atom is -0.484 e. The van der Waals surface area contributed by atoms with Crippen LogP contribution in [0.2, 0.25) is 0 Å². The van der Waals surface area contributed by atoms with Crippen molar-refractivity contribution in [3.63, 3.8) is 0 Å². The lowest BCUT2D eigenvalue weighted by molar-refractivity contribution is -0.118. The van der Waals surface area contributed by atoms with Gasteiger partial charge in [0.25, 0.3) is 5.91 Å².